The van der Waals surface area contributed by atoms with Crippen LogP contribution in [0.1, 0.15) is 17.3 Å². The summed E-state index contributed by atoms with van der Waals surface area (Å²) in [5, 5.41) is 6.66. The highest BCUT2D eigenvalue weighted by Crippen LogP contribution is 2.32. The largest absolute Gasteiger partial charge is 0.494 e. The predicted molar refractivity (Wildman–Crippen MR) is 159 cm³/mol. The Labute approximate surface area is 235 Å². The Kier molecular flexibility index (Phi) is 8.02. The van der Waals surface area contributed by atoms with Crippen LogP contribution >= 0.6 is 23.7 Å². The fourth-order valence-electron chi connectivity index (χ4n) is 4.90. The predicted octanol–water partition coefficient (Wildman–Crippen LogP) is 4.93. The average Bonchev–Trinajstić information content (AvgIpc) is 3.36. The molecule has 8 nitrogen and oxygen atoms in total. The number of carbonyl (C=O) groups is 1. The molecule has 1 N–H and O–H groups in total. The summed E-state index contributed by atoms with van der Waals surface area (Å²) >= 11 is 1.69. The number of nitrogens with zero attached hydrogens (tertiary/aromatic N) is 3. The first kappa shape index (κ1) is 26.9. The van der Waals surface area contributed by atoms with E-state index in [9.17, 15) is 9.59 Å². The van der Waals surface area contributed by atoms with Gasteiger partial charge in [-0.3, -0.25) is 9.69 Å². The zero-order valence-electron chi connectivity index (χ0n) is 21.5. The van der Waals surface area contributed by atoms with Crippen molar-refractivity contribution in [1.29, 1.82) is 0 Å². The van der Waals surface area contributed by atoms with Crippen molar-refractivity contribution in [3.8, 4) is 5.75 Å². The van der Waals surface area contributed by atoms with Crippen LogP contribution in [0.15, 0.2) is 69.9 Å². The second kappa shape index (κ2) is 11.6. The molecular formula is C29H29ClN4O4S. The lowest BCUT2D eigenvalue weighted by atomic mass is 10.0. The minimum Gasteiger partial charge on any atom is -0.494 e. The lowest BCUT2D eigenvalue weighted by molar-refractivity contribution is 0.0944. The highest BCUT2D eigenvalue weighted by molar-refractivity contribution is 7.22. The van der Waals surface area contributed by atoms with E-state index in [4.69, 9.17) is 14.1 Å². The van der Waals surface area contributed by atoms with Crippen molar-refractivity contribution >= 4 is 66.7 Å². The number of halogens is 1. The van der Waals surface area contributed by atoms with E-state index in [-0.39, 0.29) is 18.0 Å². The topological polar surface area (TPSA) is 87.9 Å². The highest BCUT2D eigenvalue weighted by atomic mass is 35.5. The minimum atomic E-state index is -0.622. The Balaban J connectivity index is 0.00000308. The van der Waals surface area contributed by atoms with Gasteiger partial charge in [-0.05, 0) is 48.0 Å². The van der Waals surface area contributed by atoms with Gasteiger partial charge in [0, 0.05) is 44.7 Å². The van der Waals surface area contributed by atoms with E-state index in [0.29, 0.717) is 25.3 Å². The molecule has 3 heterocycles. The number of thiazole rings is 1. The molecule has 0 bridgehead atoms. The first-order chi connectivity index (χ1) is 18.6. The molecule has 0 unspecified atom stereocenters. The molecule has 1 aliphatic rings. The summed E-state index contributed by atoms with van der Waals surface area (Å²) < 4.78 is 12.2. The van der Waals surface area contributed by atoms with Crippen LogP contribution in [0.4, 0.5) is 5.13 Å². The molecule has 202 valence electrons. The highest BCUT2D eigenvalue weighted by Gasteiger charge is 2.21. The summed E-state index contributed by atoms with van der Waals surface area (Å²) in [7, 11) is 0. The van der Waals surface area contributed by atoms with Gasteiger partial charge in [0.2, 0.25) is 0 Å². The van der Waals surface area contributed by atoms with Crippen molar-refractivity contribution in [3.05, 3.63) is 76.6 Å². The maximum Gasteiger partial charge on any atom is 0.349 e. The van der Waals surface area contributed by atoms with Crippen LogP contribution in [0, 0.1) is 0 Å². The van der Waals surface area contributed by atoms with E-state index in [1.807, 2.05) is 49.4 Å². The van der Waals surface area contributed by atoms with E-state index in [1.54, 1.807) is 23.5 Å². The number of amides is 1. The number of aromatic nitrogens is 1. The van der Waals surface area contributed by atoms with Gasteiger partial charge in [0.25, 0.3) is 5.91 Å². The van der Waals surface area contributed by atoms with Crippen molar-refractivity contribution in [2.75, 3.05) is 50.8 Å². The number of benzene rings is 3. The van der Waals surface area contributed by atoms with Gasteiger partial charge in [-0.15, -0.1) is 12.4 Å². The molecule has 1 fully saturated rings. The standard InChI is InChI=1S/C29H28N4O4S.ClH/c1-2-36-20-8-9-24-26(17-20)38-29(31-24)33-15-13-32(14-16-33)12-11-30-27(34)23-18-22-21-6-4-3-5-19(21)7-10-25(22)37-28(23)35;/h3-10,17-18H,2,11-16H2,1H3,(H,30,34);1H. The number of piperazine rings is 1. The number of hydrogen-bond donors (Lipinski definition) is 1. The first-order valence-corrected chi connectivity index (χ1v) is 13.7. The third-order valence-corrected chi connectivity index (χ3v) is 7.98. The molecule has 1 aliphatic heterocycles. The summed E-state index contributed by atoms with van der Waals surface area (Å²) in [6, 6.07) is 19.2. The van der Waals surface area contributed by atoms with Crippen molar-refractivity contribution in [2.45, 2.75) is 6.92 Å². The SMILES string of the molecule is CCOc1ccc2nc(N3CCN(CCNC(=O)c4cc5c(ccc6ccccc65)oc4=O)CC3)sc2c1.Cl. The fourth-order valence-corrected chi connectivity index (χ4v) is 5.95. The number of ether oxygens (including phenoxy) is 1. The molecule has 5 aromatic rings. The molecule has 3 aromatic carbocycles. The Hall–Kier alpha value is -3.66. The van der Waals surface area contributed by atoms with Gasteiger partial charge in [-0.2, -0.15) is 0 Å². The number of nitrogens with one attached hydrogen (secondary N) is 1. The number of rotatable bonds is 7. The molecule has 39 heavy (non-hydrogen) atoms. The van der Waals surface area contributed by atoms with Crippen LogP contribution < -0.4 is 20.6 Å². The van der Waals surface area contributed by atoms with Crippen molar-refractivity contribution in [1.82, 2.24) is 15.2 Å². The molecule has 0 saturated carbocycles. The van der Waals surface area contributed by atoms with Crippen molar-refractivity contribution in [3.63, 3.8) is 0 Å². The van der Waals surface area contributed by atoms with Crippen LogP contribution in [0.2, 0.25) is 0 Å². The van der Waals surface area contributed by atoms with E-state index in [1.165, 1.54) is 0 Å². The molecule has 2 aromatic heterocycles. The van der Waals surface area contributed by atoms with Crippen LogP contribution in [0.5, 0.6) is 5.75 Å². The van der Waals surface area contributed by atoms with E-state index in [0.717, 1.165) is 63.4 Å². The summed E-state index contributed by atoms with van der Waals surface area (Å²) in [6.07, 6.45) is 0. The Morgan fingerprint density at radius 2 is 1.87 bits per heavy atom. The van der Waals surface area contributed by atoms with Crippen molar-refractivity contribution < 1.29 is 13.9 Å². The first-order valence-electron chi connectivity index (χ1n) is 12.8. The molecule has 0 aliphatic carbocycles. The summed E-state index contributed by atoms with van der Waals surface area (Å²) in [5.41, 5.74) is 0.876. The zero-order valence-corrected chi connectivity index (χ0v) is 23.1. The monoisotopic (exact) mass is 564 g/mol. The molecule has 10 heteroatoms. The number of fused-ring (bicyclic) bond motifs is 4. The van der Waals surface area contributed by atoms with Gasteiger partial charge >= 0.3 is 5.63 Å². The summed E-state index contributed by atoms with van der Waals surface area (Å²) in [5.74, 6) is 0.463. The molecule has 0 atom stereocenters. The quantitative estimate of drug-likeness (QED) is 0.221. The lowest BCUT2D eigenvalue weighted by Crippen LogP contribution is -2.48. The van der Waals surface area contributed by atoms with Crippen molar-refractivity contribution in [2.24, 2.45) is 0 Å². The van der Waals surface area contributed by atoms with Crippen LogP contribution in [-0.2, 0) is 0 Å². The third-order valence-electron chi connectivity index (χ3n) is 6.90. The minimum absolute atomic E-state index is 0. The smallest absolute Gasteiger partial charge is 0.349 e. The summed E-state index contributed by atoms with van der Waals surface area (Å²) in [6.45, 7) is 7.27. The van der Waals surface area contributed by atoms with Gasteiger partial charge in [0.15, 0.2) is 5.13 Å². The maximum absolute atomic E-state index is 12.9. The Bertz CT molecular complexity index is 1690. The average molecular weight is 565 g/mol. The summed E-state index contributed by atoms with van der Waals surface area (Å²) in [4.78, 5) is 34.8. The van der Waals surface area contributed by atoms with Gasteiger partial charge in [-0.1, -0.05) is 41.7 Å². The van der Waals surface area contributed by atoms with Crippen LogP contribution in [-0.4, -0.2) is 61.7 Å². The van der Waals surface area contributed by atoms with Gasteiger partial charge in [0.1, 0.15) is 16.9 Å². The third kappa shape index (κ3) is 5.56. The maximum atomic E-state index is 12.9. The van der Waals surface area contributed by atoms with Gasteiger partial charge in [0.05, 0.1) is 16.8 Å². The molecular weight excluding hydrogens is 536 g/mol. The van der Waals surface area contributed by atoms with Gasteiger partial charge < -0.3 is 19.4 Å². The van der Waals surface area contributed by atoms with E-state index >= 15 is 0 Å². The molecule has 0 spiro atoms. The number of anilines is 1. The number of carbonyl (C=O) groups excluding carboxylic acids is 1. The molecule has 0 radical (unpaired) electrons. The molecule has 1 amide bonds. The van der Waals surface area contributed by atoms with Crippen LogP contribution in [0.25, 0.3) is 32.0 Å². The Morgan fingerprint density at radius 3 is 2.69 bits per heavy atom. The Morgan fingerprint density at radius 1 is 1.05 bits per heavy atom. The van der Waals surface area contributed by atoms with Gasteiger partial charge in [-0.25, -0.2) is 9.78 Å². The molecule has 6 rings (SSSR count). The second-order valence-electron chi connectivity index (χ2n) is 9.29. The number of hydrogen-bond acceptors (Lipinski definition) is 8. The fraction of sp³-hybridized carbons (Fsp3) is 0.276. The molecule has 1 saturated heterocycles. The van der Waals surface area contributed by atoms with E-state index in [2.05, 4.69) is 21.2 Å². The zero-order chi connectivity index (χ0) is 26.1. The second-order valence-corrected chi connectivity index (χ2v) is 10.3. The van der Waals surface area contributed by atoms with E-state index < -0.39 is 11.5 Å². The lowest BCUT2D eigenvalue weighted by Gasteiger charge is -2.34. The van der Waals surface area contributed by atoms with Crippen LogP contribution in [0.3, 0.4) is 0 Å². The normalized spacial score (nSPS) is 14.0.